The highest BCUT2D eigenvalue weighted by molar-refractivity contribution is 6.04. The van der Waals surface area contributed by atoms with Crippen LogP contribution < -0.4 is 4.74 Å². The van der Waals surface area contributed by atoms with Gasteiger partial charge in [0.1, 0.15) is 18.2 Å². The van der Waals surface area contributed by atoms with Gasteiger partial charge in [0, 0.05) is 12.0 Å². The molecule has 0 amide bonds. The highest BCUT2D eigenvalue weighted by atomic mass is 19.1. The number of carbonyl (C=O) groups is 1. The van der Waals surface area contributed by atoms with Crippen LogP contribution in [0.15, 0.2) is 36.4 Å². The number of hydrogen-bond donors (Lipinski definition) is 0. The third kappa shape index (κ3) is 2.44. The second-order valence-electron chi connectivity index (χ2n) is 5.58. The summed E-state index contributed by atoms with van der Waals surface area (Å²) < 4.78 is 19.4. The molecule has 1 atom stereocenters. The molecule has 2 nitrogen and oxygen atoms in total. The van der Waals surface area contributed by atoms with Gasteiger partial charge in [-0.25, -0.2) is 4.39 Å². The summed E-state index contributed by atoms with van der Waals surface area (Å²) in [5.74, 6) is 0.614. The number of carbonyl (C=O) groups excluding carboxylic acids is 1. The second-order valence-corrected chi connectivity index (χ2v) is 5.58. The van der Waals surface area contributed by atoms with Gasteiger partial charge in [-0.2, -0.15) is 0 Å². The molecule has 3 rings (SSSR count). The van der Waals surface area contributed by atoms with Crippen molar-refractivity contribution in [2.75, 3.05) is 0 Å². The Kier molecular flexibility index (Phi) is 3.50. The van der Waals surface area contributed by atoms with Gasteiger partial charge in [0.15, 0.2) is 5.78 Å². The first-order valence-electron chi connectivity index (χ1n) is 7.11. The van der Waals surface area contributed by atoms with Gasteiger partial charge >= 0.3 is 0 Å². The first kappa shape index (κ1) is 13.8. The summed E-state index contributed by atoms with van der Waals surface area (Å²) >= 11 is 0. The number of hydrogen-bond acceptors (Lipinski definition) is 2. The number of aryl methyl sites for hydroxylation is 1. The Morgan fingerprint density at radius 2 is 2.00 bits per heavy atom. The van der Waals surface area contributed by atoms with Gasteiger partial charge in [-0.1, -0.05) is 31.2 Å². The fraction of sp³-hybridized carbons (Fsp3) is 0.278. The van der Waals surface area contributed by atoms with Crippen LogP contribution in [0.25, 0.3) is 0 Å². The minimum atomic E-state index is -0.291. The van der Waals surface area contributed by atoms with Crippen LogP contribution in [-0.4, -0.2) is 5.78 Å². The lowest BCUT2D eigenvalue weighted by atomic mass is 9.97. The highest BCUT2D eigenvalue weighted by Gasteiger charge is 2.31. The van der Waals surface area contributed by atoms with Gasteiger partial charge in [0.25, 0.3) is 0 Å². The van der Waals surface area contributed by atoms with Gasteiger partial charge in [-0.3, -0.25) is 4.79 Å². The number of rotatable bonds is 3. The fourth-order valence-electron chi connectivity index (χ4n) is 3.00. The Bertz CT molecular complexity index is 706. The van der Waals surface area contributed by atoms with Crippen LogP contribution in [0.3, 0.4) is 0 Å². The number of Topliss-reactive ketones (excluding diaryl/α,β-unsaturated/α-hetero) is 1. The maximum Gasteiger partial charge on any atom is 0.167 e. The van der Waals surface area contributed by atoms with E-state index in [9.17, 15) is 9.18 Å². The zero-order valence-electron chi connectivity index (χ0n) is 12.2. The number of fused-ring (bicyclic) bond motifs is 1. The summed E-state index contributed by atoms with van der Waals surface area (Å²) in [5, 5.41) is 0. The Morgan fingerprint density at radius 3 is 2.76 bits per heavy atom. The smallest absolute Gasteiger partial charge is 0.167 e. The van der Waals surface area contributed by atoms with Crippen molar-refractivity contribution in [2.45, 2.75) is 32.8 Å². The number of ether oxygens (including phenoxy) is 1. The predicted molar refractivity (Wildman–Crippen MR) is 79.3 cm³/mol. The molecule has 0 spiro atoms. The number of halogens is 1. The van der Waals surface area contributed by atoms with E-state index in [1.807, 2.05) is 19.1 Å². The lowest BCUT2D eigenvalue weighted by Gasteiger charge is -2.13. The van der Waals surface area contributed by atoms with Gasteiger partial charge in [0.05, 0.1) is 5.56 Å². The fourth-order valence-corrected chi connectivity index (χ4v) is 3.00. The van der Waals surface area contributed by atoms with E-state index in [2.05, 4.69) is 6.92 Å². The average Bonchev–Trinajstić information content (AvgIpc) is 2.76. The van der Waals surface area contributed by atoms with Gasteiger partial charge in [-0.05, 0) is 36.1 Å². The van der Waals surface area contributed by atoms with Crippen molar-refractivity contribution < 1.29 is 13.9 Å². The molecular weight excluding hydrogens is 267 g/mol. The molecule has 0 bridgehead atoms. The zero-order chi connectivity index (χ0) is 15.0. The molecule has 1 unspecified atom stereocenters. The normalized spacial score (nSPS) is 16.9. The molecule has 0 aromatic heterocycles. The Balaban J connectivity index is 1.91. The Hall–Kier alpha value is -2.16. The van der Waals surface area contributed by atoms with Crippen molar-refractivity contribution in [3.8, 4) is 5.75 Å². The SMILES string of the molecule is Cc1ccc(OCc2ccccc2F)c2c1C(C)CC2=O. The maximum absolute atomic E-state index is 13.6. The van der Waals surface area contributed by atoms with E-state index >= 15 is 0 Å². The first-order chi connectivity index (χ1) is 10.1. The molecule has 108 valence electrons. The van der Waals surface area contributed by atoms with Crippen molar-refractivity contribution in [1.29, 1.82) is 0 Å². The monoisotopic (exact) mass is 284 g/mol. The molecule has 0 aliphatic heterocycles. The third-order valence-electron chi connectivity index (χ3n) is 4.03. The summed E-state index contributed by atoms with van der Waals surface area (Å²) in [6.07, 6.45) is 0.524. The zero-order valence-corrected chi connectivity index (χ0v) is 12.2. The van der Waals surface area contributed by atoms with Crippen molar-refractivity contribution in [2.24, 2.45) is 0 Å². The van der Waals surface area contributed by atoms with E-state index in [1.165, 1.54) is 6.07 Å². The molecule has 0 saturated carbocycles. The molecule has 0 radical (unpaired) electrons. The molecule has 2 aromatic carbocycles. The molecule has 3 heteroatoms. The van der Waals surface area contributed by atoms with Crippen LogP contribution >= 0.6 is 0 Å². The van der Waals surface area contributed by atoms with Crippen LogP contribution in [0.4, 0.5) is 4.39 Å². The molecule has 0 fully saturated rings. The lowest BCUT2D eigenvalue weighted by Crippen LogP contribution is -2.03. The Labute approximate surface area is 123 Å². The van der Waals surface area contributed by atoms with Crippen LogP contribution in [0.5, 0.6) is 5.75 Å². The predicted octanol–water partition coefficient (Wildman–Crippen LogP) is 4.40. The summed E-state index contributed by atoms with van der Waals surface area (Å²) in [7, 11) is 0. The van der Waals surface area contributed by atoms with Gasteiger partial charge in [-0.15, -0.1) is 0 Å². The molecular formula is C18H17FO2. The van der Waals surface area contributed by atoms with Crippen LogP contribution in [-0.2, 0) is 6.61 Å². The van der Waals surface area contributed by atoms with Crippen molar-refractivity contribution in [3.05, 3.63) is 64.5 Å². The second kappa shape index (κ2) is 5.32. The molecule has 1 aliphatic carbocycles. The first-order valence-corrected chi connectivity index (χ1v) is 7.11. The number of benzene rings is 2. The molecule has 1 aliphatic rings. The maximum atomic E-state index is 13.6. The molecule has 2 aromatic rings. The highest BCUT2D eigenvalue weighted by Crippen LogP contribution is 2.40. The largest absolute Gasteiger partial charge is 0.488 e. The van der Waals surface area contributed by atoms with E-state index in [4.69, 9.17) is 4.74 Å². The third-order valence-corrected chi connectivity index (χ3v) is 4.03. The standard InChI is InChI=1S/C18H17FO2/c1-11-7-8-16(18-15(20)9-12(2)17(11)18)21-10-13-5-3-4-6-14(13)19/h3-8,12H,9-10H2,1-2H3. The quantitative estimate of drug-likeness (QED) is 0.835. The summed E-state index contributed by atoms with van der Waals surface area (Å²) in [6, 6.07) is 10.3. The number of ketones is 1. The lowest BCUT2D eigenvalue weighted by molar-refractivity contribution is 0.0986. The Morgan fingerprint density at radius 1 is 1.24 bits per heavy atom. The molecule has 0 saturated heterocycles. The summed E-state index contributed by atoms with van der Waals surface area (Å²) in [5.41, 5.74) is 3.36. The molecule has 21 heavy (non-hydrogen) atoms. The van der Waals surface area contributed by atoms with Crippen LogP contribution in [0, 0.1) is 12.7 Å². The van der Waals surface area contributed by atoms with E-state index in [-0.39, 0.29) is 24.1 Å². The van der Waals surface area contributed by atoms with Gasteiger partial charge in [0.2, 0.25) is 0 Å². The van der Waals surface area contributed by atoms with Crippen molar-refractivity contribution in [3.63, 3.8) is 0 Å². The van der Waals surface area contributed by atoms with Gasteiger partial charge < -0.3 is 4.74 Å². The van der Waals surface area contributed by atoms with E-state index in [0.29, 0.717) is 23.3 Å². The van der Waals surface area contributed by atoms with E-state index in [0.717, 1.165) is 11.1 Å². The topological polar surface area (TPSA) is 26.3 Å². The molecule has 0 heterocycles. The van der Waals surface area contributed by atoms with Crippen LogP contribution in [0.2, 0.25) is 0 Å². The molecule has 0 N–H and O–H groups in total. The van der Waals surface area contributed by atoms with E-state index in [1.54, 1.807) is 18.2 Å². The van der Waals surface area contributed by atoms with Crippen LogP contribution in [0.1, 0.15) is 46.3 Å². The van der Waals surface area contributed by atoms with Crippen molar-refractivity contribution >= 4 is 5.78 Å². The minimum absolute atomic E-state index is 0.115. The summed E-state index contributed by atoms with van der Waals surface area (Å²) in [4.78, 5) is 12.2. The van der Waals surface area contributed by atoms with E-state index < -0.39 is 0 Å². The average molecular weight is 284 g/mol. The summed E-state index contributed by atoms with van der Waals surface area (Å²) in [6.45, 7) is 4.19. The van der Waals surface area contributed by atoms with Crippen molar-refractivity contribution in [1.82, 2.24) is 0 Å². The minimum Gasteiger partial charge on any atom is -0.488 e.